The SMILES string of the molecule is CC(C)C(=O)N(Cc1ccccc1F)C[C@@H]1CC(c2ccc(Cl)o2)=NO1. The third-order valence-electron chi connectivity index (χ3n) is 4.14. The Hall–Kier alpha value is -2.34. The largest absolute Gasteiger partial charge is 0.443 e. The first-order valence-corrected chi connectivity index (χ1v) is 8.82. The summed E-state index contributed by atoms with van der Waals surface area (Å²) >= 11 is 5.79. The Kier molecular flexibility index (Phi) is 5.61. The first-order valence-electron chi connectivity index (χ1n) is 8.44. The molecule has 1 aliphatic heterocycles. The van der Waals surface area contributed by atoms with E-state index in [1.807, 2.05) is 13.8 Å². The topological polar surface area (TPSA) is 55.0 Å². The molecule has 0 saturated heterocycles. The predicted molar refractivity (Wildman–Crippen MR) is 96.4 cm³/mol. The molecule has 1 aromatic carbocycles. The Morgan fingerprint density at radius 1 is 1.35 bits per heavy atom. The number of nitrogens with zero attached hydrogens (tertiary/aromatic N) is 2. The van der Waals surface area contributed by atoms with E-state index in [1.165, 1.54) is 6.07 Å². The first kappa shape index (κ1) is 18.5. The van der Waals surface area contributed by atoms with Gasteiger partial charge in [-0.05, 0) is 29.8 Å². The molecule has 1 atom stereocenters. The number of hydrogen-bond acceptors (Lipinski definition) is 4. The van der Waals surface area contributed by atoms with Crippen molar-refractivity contribution in [2.24, 2.45) is 11.1 Å². The number of rotatable bonds is 6. The summed E-state index contributed by atoms with van der Waals surface area (Å²) in [4.78, 5) is 19.6. The lowest BCUT2D eigenvalue weighted by molar-refractivity contribution is -0.137. The zero-order valence-electron chi connectivity index (χ0n) is 14.6. The maximum atomic E-state index is 14.0. The van der Waals surface area contributed by atoms with Crippen molar-refractivity contribution in [3.8, 4) is 0 Å². The van der Waals surface area contributed by atoms with Crippen LogP contribution in [0, 0.1) is 11.7 Å². The predicted octanol–water partition coefficient (Wildman–Crippen LogP) is 4.25. The Labute approximate surface area is 156 Å². The molecule has 1 amide bonds. The molecule has 2 heterocycles. The summed E-state index contributed by atoms with van der Waals surface area (Å²) in [5.41, 5.74) is 1.11. The Balaban J connectivity index is 1.69. The highest BCUT2D eigenvalue weighted by Gasteiger charge is 2.29. The molecule has 26 heavy (non-hydrogen) atoms. The van der Waals surface area contributed by atoms with Crippen molar-refractivity contribution in [2.45, 2.75) is 32.9 Å². The van der Waals surface area contributed by atoms with Gasteiger partial charge in [-0.3, -0.25) is 4.79 Å². The van der Waals surface area contributed by atoms with Gasteiger partial charge in [0.1, 0.15) is 11.5 Å². The first-order chi connectivity index (χ1) is 12.4. The van der Waals surface area contributed by atoms with Crippen molar-refractivity contribution in [1.82, 2.24) is 4.90 Å². The van der Waals surface area contributed by atoms with E-state index in [2.05, 4.69) is 5.16 Å². The van der Waals surface area contributed by atoms with Gasteiger partial charge in [0.05, 0.1) is 6.54 Å². The summed E-state index contributed by atoms with van der Waals surface area (Å²) in [6.45, 7) is 4.14. The molecule has 0 aliphatic carbocycles. The summed E-state index contributed by atoms with van der Waals surface area (Å²) < 4.78 is 19.3. The minimum absolute atomic E-state index is 0.0636. The van der Waals surface area contributed by atoms with Gasteiger partial charge < -0.3 is 14.2 Å². The summed E-state index contributed by atoms with van der Waals surface area (Å²) in [6.07, 6.45) is 0.173. The van der Waals surface area contributed by atoms with Gasteiger partial charge in [0.2, 0.25) is 5.91 Å². The molecule has 5 nitrogen and oxygen atoms in total. The normalized spacial score (nSPS) is 16.5. The van der Waals surface area contributed by atoms with E-state index in [0.717, 1.165) is 0 Å². The monoisotopic (exact) mass is 378 g/mol. The van der Waals surface area contributed by atoms with Crippen LogP contribution in [0.5, 0.6) is 0 Å². The Morgan fingerprint density at radius 2 is 2.12 bits per heavy atom. The number of oxime groups is 1. The van der Waals surface area contributed by atoms with Crippen molar-refractivity contribution in [2.75, 3.05) is 6.54 Å². The molecule has 0 saturated carbocycles. The number of amides is 1. The van der Waals surface area contributed by atoms with Crippen LogP contribution in [0.3, 0.4) is 0 Å². The van der Waals surface area contributed by atoms with Crippen LogP contribution in [0.4, 0.5) is 4.39 Å². The Morgan fingerprint density at radius 3 is 2.77 bits per heavy atom. The van der Waals surface area contributed by atoms with Crippen LogP contribution in [0.15, 0.2) is 46.0 Å². The van der Waals surface area contributed by atoms with Gasteiger partial charge in [-0.25, -0.2) is 4.39 Å². The number of benzene rings is 1. The van der Waals surface area contributed by atoms with Crippen LogP contribution in [-0.4, -0.2) is 29.2 Å². The molecular weight excluding hydrogens is 359 g/mol. The van der Waals surface area contributed by atoms with Crippen LogP contribution in [0.1, 0.15) is 31.6 Å². The molecule has 0 fully saturated rings. The molecule has 2 aromatic rings. The van der Waals surface area contributed by atoms with Crippen LogP contribution < -0.4 is 0 Å². The van der Waals surface area contributed by atoms with Crippen LogP contribution in [0.25, 0.3) is 0 Å². The second-order valence-corrected chi connectivity index (χ2v) is 6.91. The number of carbonyl (C=O) groups is 1. The number of furan rings is 1. The summed E-state index contributed by atoms with van der Waals surface area (Å²) in [5, 5.41) is 4.31. The molecule has 3 rings (SSSR count). The maximum Gasteiger partial charge on any atom is 0.225 e. The van der Waals surface area contributed by atoms with E-state index in [0.29, 0.717) is 30.0 Å². The fourth-order valence-electron chi connectivity index (χ4n) is 2.82. The van der Waals surface area contributed by atoms with E-state index < -0.39 is 0 Å². The molecule has 0 N–H and O–H groups in total. The molecule has 0 unspecified atom stereocenters. The van der Waals surface area contributed by atoms with Gasteiger partial charge >= 0.3 is 0 Å². The van der Waals surface area contributed by atoms with Crippen molar-refractivity contribution in [1.29, 1.82) is 0 Å². The standard InChI is InChI=1S/C19H20ClFN2O3/c1-12(2)19(24)23(10-13-5-3-4-6-15(13)21)11-14-9-16(22-26-14)17-7-8-18(20)25-17/h3-8,12,14H,9-11H2,1-2H3/t14-/m0/s1. The lowest BCUT2D eigenvalue weighted by Crippen LogP contribution is -2.39. The van der Waals surface area contributed by atoms with Crippen molar-refractivity contribution < 1.29 is 18.4 Å². The van der Waals surface area contributed by atoms with Gasteiger partial charge in [0.25, 0.3) is 0 Å². The number of halogens is 2. The van der Waals surface area contributed by atoms with Crippen molar-refractivity contribution >= 4 is 23.2 Å². The molecule has 138 valence electrons. The van der Waals surface area contributed by atoms with E-state index in [9.17, 15) is 9.18 Å². The summed E-state index contributed by atoms with van der Waals surface area (Å²) in [6, 6.07) is 9.81. The smallest absolute Gasteiger partial charge is 0.225 e. The highest BCUT2D eigenvalue weighted by atomic mass is 35.5. The highest BCUT2D eigenvalue weighted by Crippen LogP contribution is 2.22. The molecule has 0 bridgehead atoms. The minimum Gasteiger partial charge on any atom is -0.443 e. The van der Waals surface area contributed by atoms with Crippen LogP contribution in [-0.2, 0) is 16.2 Å². The quantitative estimate of drug-likeness (QED) is 0.755. The van der Waals surface area contributed by atoms with Gasteiger partial charge in [0, 0.05) is 24.4 Å². The lowest BCUT2D eigenvalue weighted by Gasteiger charge is -2.26. The number of hydrogen-bond donors (Lipinski definition) is 0. The second-order valence-electron chi connectivity index (χ2n) is 6.54. The molecule has 7 heteroatoms. The molecule has 1 aliphatic rings. The molecule has 1 aromatic heterocycles. The molecular formula is C19H20ClFN2O3. The van der Waals surface area contributed by atoms with Gasteiger partial charge in [-0.15, -0.1) is 0 Å². The average Bonchev–Trinajstić information content (AvgIpc) is 3.24. The fourth-order valence-corrected chi connectivity index (χ4v) is 2.96. The molecule has 0 radical (unpaired) electrons. The zero-order chi connectivity index (χ0) is 18.7. The van der Waals surface area contributed by atoms with Crippen molar-refractivity contribution in [3.05, 3.63) is 58.8 Å². The van der Waals surface area contributed by atoms with E-state index in [-0.39, 0.29) is 35.5 Å². The number of carbonyl (C=O) groups excluding carboxylic acids is 1. The minimum atomic E-state index is -0.330. The summed E-state index contributed by atoms with van der Waals surface area (Å²) in [5.74, 6) is -0.0457. The maximum absolute atomic E-state index is 14.0. The van der Waals surface area contributed by atoms with Crippen LogP contribution >= 0.6 is 11.6 Å². The average molecular weight is 379 g/mol. The third-order valence-corrected chi connectivity index (χ3v) is 4.34. The highest BCUT2D eigenvalue weighted by molar-refractivity contribution is 6.29. The van der Waals surface area contributed by atoms with E-state index in [4.69, 9.17) is 20.9 Å². The van der Waals surface area contributed by atoms with E-state index in [1.54, 1.807) is 35.2 Å². The third kappa shape index (κ3) is 4.25. The van der Waals surface area contributed by atoms with E-state index >= 15 is 0 Å². The molecule has 0 spiro atoms. The van der Waals surface area contributed by atoms with Gasteiger partial charge in [-0.2, -0.15) is 0 Å². The lowest BCUT2D eigenvalue weighted by atomic mass is 10.1. The van der Waals surface area contributed by atoms with Crippen LogP contribution in [0.2, 0.25) is 5.22 Å². The zero-order valence-corrected chi connectivity index (χ0v) is 15.4. The Bertz CT molecular complexity index is 819. The fraction of sp³-hybridized carbons (Fsp3) is 0.368. The second kappa shape index (κ2) is 7.91. The van der Waals surface area contributed by atoms with Gasteiger partial charge in [0.15, 0.2) is 17.1 Å². The van der Waals surface area contributed by atoms with Crippen molar-refractivity contribution in [3.63, 3.8) is 0 Å². The summed E-state index contributed by atoms with van der Waals surface area (Å²) in [7, 11) is 0. The van der Waals surface area contributed by atoms with Gasteiger partial charge in [-0.1, -0.05) is 37.2 Å².